The van der Waals surface area contributed by atoms with Gasteiger partial charge in [0, 0.05) is 37.6 Å². The maximum absolute atomic E-state index is 5.65. The van der Waals surface area contributed by atoms with E-state index >= 15 is 0 Å². The number of benzene rings is 1. The van der Waals surface area contributed by atoms with Crippen LogP contribution >= 0.6 is 0 Å². The number of hydrogen-bond acceptors (Lipinski definition) is 4. The van der Waals surface area contributed by atoms with Gasteiger partial charge in [-0.25, -0.2) is 4.98 Å². The predicted octanol–water partition coefficient (Wildman–Crippen LogP) is 2.91. The predicted molar refractivity (Wildman–Crippen MR) is 95.2 cm³/mol. The Kier molecular flexibility index (Phi) is 4.61. The summed E-state index contributed by atoms with van der Waals surface area (Å²) in [5, 5.41) is 8.27. The number of nitrogens with zero attached hydrogens (tertiary/aromatic N) is 5. The van der Waals surface area contributed by atoms with E-state index in [9.17, 15) is 0 Å². The lowest BCUT2D eigenvalue weighted by Gasteiger charge is -2.15. The Morgan fingerprint density at radius 1 is 1.16 bits per heavy atom. The molecule has 0 amide bonds. The van der Waals surface area contributed by atoms with Crippen molar-refractivity contribution in [2.24, 2.45) is 0 Å². The standard InChI is InChI=1S/C19H23N5O/c1-2-23-14-21-22-17(23)8-10-24-13-20-18(15-6-4-3-5-7-15)19(24)16-9-11-25-12-16/h3-7,13-14,16H,2,8-12H2,1H3. The van der Waals surface area contributed by atoms with Crippen LogP contribution in [-0.2, 0) is 24.2 Å². The summed E-state index contributed by atoms with van der Waals surface area (Å²) in [6.07, 6.45) is 5.66. The summed E-state index contributed by atoms with van der Waals surface area (Å²) in [6.45, 7) is 5.46. The van der Waals surface area contributed by atoms with Crippen LogP contribution in [0.3, 0.4) is 0 Å². The van der Waals surface area contributed by atoms with E-state index in [1.54, 1.807) is 6.33 Å². The fourth-order valence-electron chi connectivity index (χ4n) is 3.52. The summed E-state index contributed by atoms with van der Waals surface area (Å²) in [4.78, 5) is 4.74. The van der Waals surface area contributed by atoms with Crippen molar-refractivity contribution >= 4 is 0 Å². The highest BCUT2D eigenvalue weighted by Gasteiger charge is 2.26. The molecule has 1 fully saturated rings. The van der Waals surface area contributed by atoms with Crippen LogP contribution in [0.4, 0.5) is 0 Å². The molecule has 130 valence electrons. The van der Waals surface area contributed by atoms with Gasteiger partial charge < -0.3 is 13.9 Å². The van der Waals surface area contributed by atoms with Gasteiger partial charge in [-0.3, -0.25) is 0 Å². The molecule has 1 aromatic carbocycles. The minimum atomic E-state index is 0.404. The van der Waals surface area contributed by atoms with Gasteiger partial charge in [-0.05, 0) is 13.3 Å². The van der Waals surface area contributed by atoms with Gasteiger partial charge >= 0.3 is 0 Å². The van der Waals surface area contributed by atoms with Crippen molar-refractivity contribution in [3.05, 3.63) is 54.5 Å². The summed E-state index contributed by atoms with van der Waals surface area (Å²) >= 11 is 0. The van der Waals surface area contributed by atoms with E-state index in [0.29, 0.717) is 5.92 Å². The molecule has 0 saturated carbocycles. The summed E-state index contributed by atoms with van der Waals surface area (Å²) in [7, 11) is 0. The Bertz CT molecular complexity index is 817. The minimum absolute atomic E-state index is 0.404. The third-order valence-corrected chi connectivity index (χ3v) is 4.85. The highest BCUT2D eigenvalue weighted by molar-refractivity contribution is 5.62. The molecular formula is C19H23N5O. The average Bonchev–Trinajstić information content (AvgIpc) is 3.39. The number of ether oxygens (including phenoxy) is 1. The molecule has 1 unspecified atom stereocenters. The van der Waals surface area contributed by atoms with Crippen molar-refractivity contribution in [3.63, 3.8) is 0 Å². The molecule has 1 aliphatic heterocycles. The fraction of sp³-hybridized carbons (Fsp3) is 0.421. The monoisotopic (exact) mass is 337 g/mol. The molecule has 2 aromatic heterocycles. The molecule has 3 aromatic rings. The van der Waals surface area contributed by atoms with E-state index < -0.39 is 0 Å². The summed E-state index contributed by atoms with van der Waals surface area (Å²) in [5.74, 6) is 1.42. The van der Waals surface area contributed by atoms with Crippen LogP contribution in [0.1, 0.15) is 30.8 Å². The van der Waals surface area contributed by atoms with Crippen LogP contribution in [0.2, 0.25) is 0 Å². The molecule has 0 spiro atoms. The maximum atomic E-state index is 5.65. The first kappa shape index (κ1) is 16.0. The van der Waals surface area contributed by atoms with Gasteiger partial charge in [0.2, 0.25) is 0 Å². The van der Waals surface area contributed by atoms with E-state index in [2.05, 4.69) is 50.5 Å². The van der Waals surface area contributed by atoms with E-state index in [1.165, 1.54) is 11.3 Å². The SMILES string of the molecule is CCn1cnnc1CCn1cnc(-c2ccccc2)c1C1CCOC1. The zero-order chi connectivity index (χ0) is 17.1. The fourth-order valence-corrected chi connectivity index (χ4v) is 3.52. The first-order valence-electron chi connectivity index (χ1n) is 8.91. The Hall–Kier alpha value is -2.47. The molecular weight excluding hydrogens is 314 g/mol. The van der Waals surface area contributed by atoms with Crippen molar-refractivity contribution in [1.82, 2.24) is 24.3 Å². The molecule has 4 rings (SSSR count). The number of aryl methyl sites for hydroxylation is 3. The van der Waals surface area contributed by atoms with Gasteiger partial charge in [0.25, 0.3) is 0 Å². The lowest BCUT2D eigenvalue weighted by molar-refractivity contribution is 0.193. The number of aromatic nitrogens is 5. The second-order valence-electron chi connectivity index (χ2n) is 6.38. The second-order valence-corrected chi connectivity index (χ2v) is 6.38. The highest BCUT2D eigenvalue weighted by atomic mass is 16.5. The zero-order valence-corrected chi connectivity index (χ0v) is 14.5. The Labute approximate surface area is 147 Å². The van der Waals surface area contributed by atoms with Gasteiger partial charge in [0.05, 0.1) is 24.3 Å². The first-order valence-corrected chi connectivity index (χ1v) is 8.91. The lowest BCUT2D eigenvalue weighted by atomic mass is 9.99. The molecule has 0 bridgehead atoms. The van der Waals surface area contributed by atoms with Crippen molar-refractivity contribution in [3.8, 4) is 11.3 Å². The number of imidazole rings is 1. The summed E-state index contributed by atoms with van der Waals surface area (Å²) in [6, 6.07) is 10.4. The molecule has 6 nitrogen and oxygen atoms in total. The highest BCUT2D eigenvalue weighted by Crippen LogP contribution is 2.33. The maximum Gasteiger partial charge on any atom is 0.134 e. The van der Waals surface area contributed by atoms with Crippen LogP contribution in [0.5, 0.6) is 0 Å². The minimum Gasteiger partial charge on any atom is -0.381 e. The molecule has 1 aliphatic rings. The summed E-state index contributed by atoms with van der Waals surface area (Å²) in [5.41, 5.74) is 3.53. The quantitative estimate of drug-likeness (QED) is 0.694. The van der Waals surface area contributed by atoms with Gasteiger partial charge in [-0.15, -0.1) is 10.2 Å². The van der Waals surface area contributed by atoms with Crippen LogP contribution in [0.25, 0.3) is 11.3 Å². The molecule has 0 radical (unpaired) electrons. The van der Waals surface area contributed by atoms with Crippen LogP contribution in [0.15, 0.2) is 43.0 Å². The van der Waals surface area contributed by atoms with Gasteiger partial charge in [0.15, 0.2) is 0 Å². The van der Waals surface area contributed by atoms with E-state index in [-0.39, 0.29) is 0 Å². The van der Waals surface area contributed by atoms with E-state index in [1.807, 2.05) is 12.4 Å². The first-order chi connectivity index (χ1) is 12.4. The van der Waals surface area contributed by atoms with Gasteiger partial charge in [0.1, 0.15) is 12.2 Å². The molecule has 1 atom stereocenters. The van der Waals surface area contributed by atoms with Crippen molar-refractivity contribution in [1.29, 1.82) is 0 Å². The smallest absolute Gasteiger partial charge is 0.134 e. The van der Waals surface area contributed by atoms with Crippen LogP contribution < -0.4 is 0 Å². The Morgan fingerprint density at radius 2 is 2.04 bits per heavy atom. The summed E-state index contributed by atoms with van der Waals surface area (Å²) < 4.78 is 10.0. The Balaban J connectivity index is 1.64. The lowest BCUT2D eigenvalue weighted by Crippen LogP contribution is -2.12. The van der Waals surface area contributed by atoms with Crippen molar-refractivity contribution < 1.29 is 4.74 Å². The van der Waals surface area contributed by atoms with Crippen LogP contribution in [-0.4, -0.2) is 37.5 Å². The van der Waals surface area contributed by atoms with Crippen molar-refractivity contribution in [2.75, 3.05) is 13.2 Å². The largest absolute Gasteiger partial charge is 0.381 e. The zero-order valence-electron chi connectivity index (χ0n) is 14.5. The molecule has 6 heteroatoms. The molecule has 3 heterocycles. The molecule has 1 saturated heterocycles. The number of rotatable bonds is 6. The third kappa shape index (κ3) is 3.22. The normalized spacial score (nSPS) is 17.2. The molecule has 0 N–H and O–H groups in total. The average molecular weight is 337 g/mol. The second kappa shape index (κ2) is 7.19. The number of hydrogen-bond donors (Lipinski definition) is 0. The topological polar surface area (TPSA) is 57.8 Å². The van der Waals surface area contributed by atoms with E-state index in [0.717, 1.165) is 50.7 Å². The van der Waals surface area contributed by atoms with E-state index in [4.69, 9.17) is 9.72 Å². The third-order valence-electron chi connectivity index (χ3n) is 4.85. The van der Waals surface area contributed by atoms with Gasteiger partial charge in [-0.2, -0.15) is 0 Å². The van der Waals surface area contributed by atoms with Gasteiger partial charge in [-0.1, -0.05) is 30.3 Å². The van der Waals surface area contributed by atoms with Crippen molar-refractivity contribution in [2.45, 2.75) is 38.8 Å². The molecule has 25 heavy (non-hydrogen) atoms. The van der Waals surface area contributed by atoms with Crippen LogP contribution in [0, 0.1) is 0 Å². The Morgan fingerprint density at radius 3 is 2.80 bits per heavy atom. The molecule has 0 aliphatic carbocycles.